The number of hydrogen-bond acceptors (Lipinski definition) is 2. The molecule has 0 aliphatic carbocycles. The second-order valence-electron chi connectivity index (χ2n) is 4.77. The first-order valence-electron chi connectivity index (χ1n) is 7.11. The molecule has 0 saturated carbocycles. The van der Waals surface area contributed by atoms with Crippen LogP contribution in [0.4, 0.5) is 0 Å². The number of aliphatic carboxylic acids is 1. The molecule has 106 valence electrons. The van der Waals surface area contributed by atoms with Crippen LogP contribution in [0.25, 0.3) is 0 Å². The topological polar surface area (TPSA) is 66.4 Å². The van der Waals surface area contributed by atoms with Crippen molar-refractivity contribution in [3.63, 3.8) is 0 Å². The molecule has 0 rings (SSSR count). The lowest BCUT2D eigenvalue weighted by molar-refractivity contribution is -0.137. The maximum Gasteiger partial charge on any atom is 0.303 e. The highest BCUT2D eigenvalue weighted by Crippen LogP contribution is 2.13. The van der Waals surface area contributed by atoms with Crippen molar-refractivity contribution in [2.45, 2.75) is 65.2 Å². The van der Waals surface area contributed by atoms with E-state index in [9.17, 15) is 9.59 Å². The van der Waals surface area contributed by atoms with E-state index in [-0.39, 0.29) is 18.2 Å². The quantitative estimate of drug-likeness (QED) is 0.559. The third-order valence-electron chi connectivity index (χ3n) is 3.01. The zero-order valence-electron chi connectivity index (χ0n) is 11.7. The molecule has 0 aromatic rings. The van der Waals surface area contributed by atoms with Gasteiger partial charge in [-0.3, -0.25) is 9.59 Å². The number of carbonyl (C=O) groups is 2. The molecule has 18 heavy (non-hydrogen) atoms. The molecule has 0 spiro atoms. The van der Waals surface area contributed by atoms with E-state index in [1.807, 2.05) is 0 Å². The number of hydrogen-bond donors (Lipinski definition) is 2. The van der Waals surface area contributed by atoms with Gasteiger partial charge in [0.25, 0.3) is 0 Å². The van der Waals surface area contributed by atoms with Gasteiger partial charge < -0.3 is 10.4 Å². The monoisotopic (exact) mass is 257 g/mol. The molecule has 0 aromatic carbocycles. The van der Waals surface area contributed by atoms with E-state index in [4.69, 9.17) is 5.11 Å². The second kappa shape index (κ2) is 11.1. The predicted octanol–water partition coefficient (Wildman–Crippen LogP) is 2.96. The molecule has 0 atom stereocenters. The van der Waals surface area contributed by atoms with Crippen LogP contribution in [0.2, 0.25) is 0 Å². The fraction of sp³-hybridized carbons (Fsp3) is 0.857. The standard InChI is InChI=1S/C14H27NO3/c1-3-8-12(9-4-2)14(18)15-11-7-5-6-10-13(16)17/h12H,3-11H2,1-2H3,(H,15,18)(H,16,17). The number of carboxylic acid groups (broad SMARTS) is 1. The molecule has 0 aliphatic rings. The van der Waals surface area contributed by atoms with Gasteiger partial charge in [-0.05, 0) is 25.7 Å². The average Bonchev–Trinajstić information content (AvgIpc) is 2.32. The van der Waals surface area contributed by atoms with Crippen LogP contribution in [0.15, 0.2) is 0 Å². The lowest BCUT2D eigenvalue weighted by Gasteiger charge is -2.15. The smallest absolute Gasteiger partial charge is 0.303 e. The van der Waals surface area contributed by atoms with Gasteiger partial charge in [0.05, 0.1) is 0 Å². The van der Waals surface area contributed by atoms with Crippen molar-refractivity contribution in [3.05, 3.63) is 0 Å². The number of nitrogens with one attached hydrogen (secondary N) is 1. The van der Waals surface area contributed by atoms with Crippen molar-refractivity contribution in [2.24, 2.45) is 5.92 Å². The summed E-state index contributed by atoms with van der Waals surface area (Å²) in [6, 6.07) is 0. The number of carboxylic acids is 1. The third-order valence-corrected chi connectivity index (χ3v) is 3.01. The fourth-order valence-electron chi connectivity index (χ4n) is 2.04. The molecule has 0 fully saturated rings. The Labute approximate surface area is 110 Å². The van der Waals surface area contributed by atoms with Gasteiger partial charge in [-0.25, -0.2) is 0 Å². The Balaban J connectivity index is 3.63. The highest BCUT2D eigenvalue weighted by molar-refractivity contribution is 5.78. The third kappa shape index (κ3) is 9.02. The Bertz CT molecular complexity index is 235. The molecule has 0 aliphatic heterocycles. The maximum atomic E-state index is 11.9. The van der Waals surface area contributed by atoms with Crippen LogP contribution < -0.4 is 5.32 Å². The Morgan fingerprint density at radius 1 is 1.06 bits per heavy atom. The highest BCUT2D eigenvalue weighted by atomic mass is 16.4. The minimum absolute atomic E-state index is 0.152. The minimum Gasteiger partial charge on any atom is -0.481 e. The van der Waals surface area contributed by atoms with Gasteiger partial charge in [-0.15, -0.1) is 0 Å². The summed E-state index contributed by atoms with van der Waals surface area (Å²) in [6.07, 6.45) is 6.63. The zero-order chi connectivity index (χ0) is 13.8. The first-order valence-corrected chi connectivity index (χ1v) is 7.11. The van der Waals surface area contributed by atoms with E-state index in [0.717, 1.165) is 38.5 Å². The molecule has 0 unspecified atom stereocenters. The number of rotatable bonds is 11. The molecule has 0 heterocycles. The van der Waals surface area contributed by atoms with Crippen LogP contribution in [0.1, 0.15) is 65.2 Å². The van der Waals surface area contributed by atoms with Gasteiger partial charge in [-0.2, -0.15) is 0 Å². The predicted molar refractivity (Wildman–Crippen MR) is 72.4 cm³/mol. The zero-order valence-corrected chi connectivity index (χ0v) is 11.7. The normalized spacial score (nSPS) is 10.6. The number of unbranched alkanes of at least 4 members (excludes halogenated alkanes) is 2. The first-order chi connectivity index (χ1) is 8.61. The van der Waals surface area contributed by atoms with E-state index >= 15 is 0 Å². The van der Waals surface area contributed by atoms with Crippen LogP contribution in [0.5, 0.6) is 0 Å². The Morgan fingerprint density at radius 2 is 1.67 bits per heavy atom. The summed E-state index contributed by atoms with van der Waals surface area (Å²) in [5.41, 5.74) is 0. The van der Waals surface area contributed by atoms with Gasteiger partial charge in [-0.1, -0.05) is 33.1 Å². The van der Waals surface area contributed by atoms with Gasteiger partial charge in [0, 0.05) is 18.9 Å². The number of carbonyl (C=O) groups excluding carboxylic acids is 1. The van der Waals surface area contributed by atoms with Crippen molar-refractivity contribution in [1.29, 1.82) is 0 Å². The molecular formula is C14H27NO3. The molecule has 4 nitrogen and oxygen atoms in total. The summed E-state index contributed by atoms with van der Waals surface area (Å²) in [6.45, 7) is 4.87. The Morgan fingerprint density at radius 3 is 2.17 bits per heavy atom. The molecule has 1 amide bonds. The molecular weight excluding hydrogens is 230 g/mol. The van der Waals surface area contributed by atoms with E-state index < -0.39 is 5.97 Å². The average molecular weight is 257 g/mol. The maximum absolute atomic E-state index is 11.9. The van der Waals surface area contributed by atoms with Crippen molar-refractivity contribution in [1.82, 2.24) is 5.32 Å². The minimum atomic E-state index is -0.745. The van der Waals surface area contributed by atoms with Crippen LogP contribution in [-0.2, 0) is 9.59 Å². The van der Waals surface area contributed by atoms with E-state index in [0.29, 0.717) is 13.0 Å². The summed E-state index contributed by atoms with van der Waals surface area (Å²) >= 11 is 0. The molecule has 2 N–H and O–H groups in total. The summed E-state index contributed by atoms with van der Waals surface area (Å²) in [4.78, 5) is 22.2. The summed E-state index contributed by atoms with van der Waals surface area (Å²) in [7, 11) is 0. The summed E-state index contributed by atoms with van der Waals surface area (Å²) in [5, 5.41) is 11.4. The fourth-order valence-corrected chi connectivity index (χ4v) is 2.04. The lowest BCUT2D eigenvalue weighted by Crippen LogP contribution is -2.31. The van der Waals surface area contributed by atoms with E-state index in [1.54, 1.807) is 0 Å². The largest absolute Gasteiger partial charge is 0.481 e. The van der Waals surface area contributed by atoms with Crippen LogP contribution in [-0.4, -0.2) is 23.5 Å². The highest BCUT2D eigenvalue weighted by Gasteiger charge is 2.15. The van der Waals surface area contributed by atoms with E-state index in [2.05, 4.69) is 19.2 Å². The van der Waals surface area contributed by atoms with Crippen molar-refractivity contribution < 1.29 is 14.7 Å². The van der Waals surface area contributed by atoms with Gasteiger partial charge in [0.2, 0.25) is 5.91 Å². The van der Waals surface area contributed by atoms with Crippen molar-refractivity contribution in [2.75, 3.05) is 6.54 Å². The van der Waals surface area contributed by atoms with Gasteiger partial charge in [0.15, 0.2) is 0 Å². The summed E-state index contributed by atoms with van der Waals surface area (Å²) < 4.78 is 0. The van der Waals surface area contributed by atoms with E-state index in [1.165, 1.54) is 0 Å². The molecule has 0 saturated heterocycles. The summed E-state index contributed by atoms with van der Waals surface area (Å²) in [5.74, 6) is -0.430. The lowest BCUT2D eigenvalue weighted by atomic mass is 9.97. The van der Waals surface area contributed by atoms with Crippen molar-refractivity contribution in [3.8, 4) is 0 Å². The van der Waals surface area contributed by atoms with Crippen LogP contribution >= 0.6 is 0 Å². The Hall–Kier alpha value is -1.06. The molecule has 0 radical (unpaired) electrons. The first kappa shape index (κ1) is 16.9. The Kier molecular flexibility index (Phi) is 10.4. The van der Waals surface area contributed by atoms with Crippen molar-refractivity contribution >= 4 is 11.9 Å². The molecule has 0 aromatic heterocycles. The van der Waals surface area contributed by atoms with Crippen LogP contribution in [0.3, 0.4) is 0 Å². The van der Waals surface area contributed by atoms with Gasteiger partial charge in [0.1, 0.15) is 0 Å². The van der Waals surface area contributed by atoms with Crippen LogP contribution in [0, 0.1) is 5.92 Å². The number of amides is 1. The molecule has 4 heteroatoms. The SMILES string of the molecule is CCCC(CCC)C(=O)NCCCCCC(=O)O. The molecule has 0 bridgehead atoms. The second-order valence-corrected chi connectivity index (χ2v) is 4.77. The van der Waals surface area contributed by atoms with Gasteiger partial charge >= 0.3 is 5.97 Å².